The van der Waals surface area contributed by atoms with Crippen LogP contribution in [0.5, 0.6) is 0 Å². The molecule has 0 aromatic rings. The van der Waals surface area contributed by atoms with Gasteiger partial charge in [0.05, 0.1) is 0 Å². The van der Waals surface area contributed by atoms with Gasteiger partial charge in [-0.1, -0.05) is 0 Å². The van der Waals surface area contributed by atoms with Crippen molar-refractivity contribution in [2.75, 3.05) is 0 Å². The maximum atomic E-state index is 0. The van der Waals surface area contributed by atoms with E-state index in [1.807, 2.05) is 0 Å². The van der Waals surface area contributed by atoms with Gasteiger partial charge in [0.15, 0.2) is 34.7 Å². The summed E-state index contributed by atoms with van der Waals surface area (Å²) in [6.45, 7) is 0. The topological polar surface area (TPSA) is 0 Å². The summed E-state index contributed by atoms with van der Waals surface area (Å²) in [5.74, 6) is 0. The van der Waals surface area contributed by atoms with E-state index in [0.29, 0.717) is 0 Å². The van der Waals surface area contributed by atoms with Gasteiger partial charge in [-0.25, -0.2) is 0 Å². The summed E-state index contributed by atoms with van der Waals surface area (Å²) in [7, 11) is 0. The average Bonchev–Trinajstić information content (AvgIpc) is 0. The third kappa shape index (κ3) is 8.96. The molecule has 0 amide bonds. The molecule has 0 bridgehead atoms. The Bertz CT molecular complexity index is 4.00. The van der Waals surface area contributed by atoms with Crippen molar-refractivity contribution in [3.8, 4) is 0 Å². The first kappa shape index (κ1) is 36.7. The molecule has 0 fully saturated rings. The van der Waals surface area contributed by atoms with E-state index in [9.17, 15) is 0 Å². The molecule has 0 spiro atoms. The largest absolute Gasteiger partial charge is 0.187 e. The zero-order chi connectivity index (χ0) is 0. The van der Waals surface area contributed by atoms with Crippen molar-refractivity contribution in [2.24, 2.45) is 0 Å². The predicted octanol–water partition coefficient (Wildman–Crippen LogP) is -2.37. The summed E-state index contributed by atoms with van der Waals surface area (Å²) >= 11 is 0. The van der Waals surface area contributed by atoms with Crippen LogP contribution >= 0.6 is 0 Å². The Morgan fingerprint density at radius 2 is 0.500 bits per heavy atom. The van der Waals surface area contributed by atoms with E-state index >= 15 is 0 Å². The van der Waals surface area contributed by atoms with E-state index in [-0.39, 0.29) is 67.7 Å². The van der Waals surface area contributed by atoms with Crippen molar-refractivity contribution in [3.05, 3.63) is 0 Å². The van der Waals surface area contributed by atoms with Crippen LogP contribution in [-0.4, -0.2) is 34.7 Å². The van der Waals surface area contributed by atoms with Crippen LogP contribution in [0.3, 0.4) is 0 Å². The summed E-state index contributed by atoms with van der Waals surface area (Å²) in [6, 6.07) is 0. The summed E-state index contributed by atoms with van der Waals surface area (Å²) < 4.78 is 0. The van der Waals surface area contributed by atoms with Gasteiger partial charge in [-0.2, -0.15) is 0 Å². The molecular weight excluding hydrogens is 171 g/mol. The molecule has 0 rings (SSSR count). The molecule has 4 heteroatoms. The third-order valence-electron chi connectivity index (χ3n) is 0. The minimum Gasteiger partial charge on any atom is 0 e. The zero-order valence-electron chi connectivity index (χ0n) is 0.632. The molecular formula is H6Al2Ni2. The fourth-order valence-corrected chi connectivity index (χ4v) is 0. The van der Waals surface area contributed by atoms with Crippen molar-refractivity contribution in [1.29, 1.82) is 0 Å². The van der Waals surface area contributed by atoms with Crippen molar-refractivity contribution in [1.82, 2.24) is 0 Å². The van der Waals surface area contributed by atoms with Crippen LogP contribution < -0.4 is 0 Å². The molecule has 0 aliphatic rings. The molecule has 4 heavy (non-hydrogen) atoms. The van der Waals surface area contributed by atoms with E-state index in [2.05, 4.69) is 0 Å². The van der Waals surface area contributed by atoms with Crippen LogP contribution in [0.4, 0.5) is 0 Å². The van der Waals surface area contributed by atoms with Crippen LogP contribution in [0.25, 0.3) is 0 Å². The molecule has 0 nitrogen and oxygen atoms in total. The molecule has 0 unspecified atom stereocenters. The van der Waals surface area contributed by atoms with Gasteiger partial charge in [0, 0.05) is 33.0 Å². The molecule has 0 heterocycles. The molecule has 0 aliphatic carbocycles. The first-order chi connectivity index (χ1) is 0. The van der Waals surface area contributed by atoms with Gasteiger partial charge in [-0.3, -0.25) is 0 Å². The van der Waals surface area contributed by atoms with Crippen LogP contribution in [0.15, 0.2) is 0 Å². The Morgan fingerprint density at radius 3 is 0.500 bits per heavy atom. The van der Waals surface area contributed by atoms with E-state index in [1.165, 1.54) is 0 Å². The van der Waals surface area contributed by atoms with Crippen molar-refractivity contribution >= 4 is 34.7 Å². The summed E-state index contributed by atoms with van der Waals surface area (Å²) in [4.78, 5) is 0. The van der Waals surface area contributed by atoms with E-state index in [0.717, 1.165) is 0 Å². The smallest absolute Gasteiger partial charge is 0 e. The molecule has 0 saturated heterocycles. The molecule has 0 aromatic heterocycles. The first-order valence-electron chi connectivity index (χ1n) is 0. The quantitative estimate of drug-likeness (QED) is 0.363. The van der Waals surface area contributed by atoms with Gasteiger partial charge in [0.1, 0.15) is 0 Å². The first-order valence-corrected chi connectivity index (χ1v) is 0. The maximum Gasteiger partial charge on any atom is 0.187 e. The second-order valence-electron chi connectivity index (χ2n) is 0. The van der Waals surface area contributed by atoms with Crippen molar-refractivity contribution < 1.29 is 33.0 Å². The van der Waals surface area contributed by atoms with Crippen LogP contribution in [0.1, 0.15) is 0 Å². The molecule has 0 N–H and O–H groups in total. The molecule has 0 radical (unpaired) electrons. The number of hydrogen-bond donors (Lipinski definition) is 0. The standard InChI is InChI=1S/2Al.2Ni.6H. The molecule has 0 aliphatic heterocycles. The fraction of sp³-hybridized carbons (Fsp3) is 0. The minimum atomic E-state index is 0. The van der Waals surface area contributed by atoms with Gasteiger partial charge in [0.2, 0.25) is 0 Å². The van der Waals surface area contributed by atoms with Crippen molar-refractivity contribution in [2.45, 2.75) is 0 Å². The zero-order valence-corrected chi connectivity index (χ0v) is 2.61. The SMILES string of the molecule is [AlH3].[AlH3].[Ni].[Ni]. The average molecular weight is 177 g/mol. The van der Waals surface area contributed by atoms with Gasteiger partial charge in [0.25, 0.3) is 0 Å². The Balaban J connectivity index is 0. The Labute approximate surface area is 67.2 Å². The fourth-order valence-electron chi connectivity index (χ4n) is 0. The Morgan fingerprint density at radius 1 is 0.500 bits per heavy atom. The van der Waals surface area contributed by atoms with Crippen LogP contribution in [0, 0.1) is 0 Å². The summed E-state index contributed by atoms with van der Waals surface area (Å²) in [5.41, 5.74) is 0. The third-order valence-corrected chi connectivity index (χ3v) is 0. The van der Waals surface area contributed by atoms with E-state index in [4.69, 9.17) is 0 Å². The molecule has 0 atom stereocenters. The number of rotatable bonds is 0. The second-order valence-corrected chi connectivity index (χ2v) is 0. The maximum absolute atomic E-state index is 0. The van der Waals surface area contributed by atoms with Crippen LogP contribution in [-0.2, 0) is 33.0 Å². The Hall–Kier alpha value is 2.05. The predicted molar refractivity (Wildman–Crippen MR) is 19.9 cm³/mol. The van der Waals surface area contributed by atoms with E-state index in [1.54, 1.807) is 0 Å². The van der Waals surface area contributed by atoms with Crippen molar-refractivity contribution in [3.63, 3.8) is 0 Å². The van der Waals surface area contributed by atoms with Gasteiger partial charge >= 0.3 is 0 Å². The summed E-state index contributed by atoms with van der Waals surface area (Å²) in [6.07, 6.45) is 0. The van der Waals surface area contributed by atoms with E-state index < -0.39 is 0 Å². The van der Waals surface area contributed by atoms with Gasteiger partial charge < -0.3 is 0 Å². The van der Waals surface area contributed by atoms with Gasteiger partial charge in [-0.15, -0.1) is 0 Å². The summed E-state index contributed by atoms with van der Waals surface area (Å²) in [5, 5.41) is 0. The molecule has 0 aromatic carbocycles. The number of hydrogen-bond acceptors (Lipinski definition) is 0. The van der Waals surface area contributed by atoms with Gasteiger partial charge in [-0.05, 0) is 0 Å². The second kappa shape index (κ2) is 19.7. The Kier molecular flexibility index (Phi) is 181. The molecule has 0 saturated carbocycles. The monoisotopic (exact) mass is 176 g/mol. The minimum absolute atomic E-state index is 0. The normalized spacial score (nSPS) is 0. The molecule has 32 valence electrons. The van der Waals surface area contributed by atoms with Crippen LogP contribution in [0.2, 0.25) is 0 Å².